The summed E-state index contributed by atoms with van der Waals surface area (Å²) in [4.78, 5) is 28.0. The van der Waals surface area contributed by atoms with Crippen molar-refractivity contribution in [1.29, 1.82) is 0 Å². The van der Waals surface area contributed by atoms with Crippen LogP contribution in [0, 0.1) is 5.82 Å². The molecule has 1 aromatic heterocycles. The zero-order valence-corrected chi connectivity index (χ0v) is 18.2. The minimum atomic E-state index is -0.602. The second kappa shape index (κ2) is 8.66. The fourth-order valence-corrected chi connectivity index (χ4v) is 3.61. The third-order valence-corrected chi connectivity index (χ3v) is 5.37. The van der Waals surface area contributed by atoms with E-state index in [1.807, 2.05) is 0 Å². The number of hydrogen-bond donors (Lipinski definition) is 1. The van der Waals surface area contributed by atoms with Crippen LogP contribution in [0.2, 0.25) is 0 Å². The van der Waals surface area contributed by atoms with Gasteiger partial charge >= 0.3 is 0 Å². The van der Waals surface area contributed by atoms with Gasteiger partial charge < -0.3 is 24.0 Å². The summed E-state index contributed by atoms with van der Waals surface area (Å²) >= 11 is 0. The first-order valence-electron chi connectivity index (χ1n) is 9.98. The molecule has 3 aromatic carbocycles. The lowest BCUT2D eigenvalue weighted by Crippen LogP contribution is -2.31. The Morgan fingerprint density at radius 3 is 2.30 bits per heavy atom. The zero-order valence-electron chi connectivity index (χ0n) is 18.2. The summed E-state index contributed by atoms with van der Waals surface area (Å²) in [5, 5.41) is 9.92. The van der Waals surface area contributed by atoms with E-state index in [4.69, 9.17) is 9.47 Å². The molecule has 0 saturated heterocycles. The lowest BCUT2D eigenvalue weighted by atomic mass is 10.1. The SMILES string of the molecule is COc1cc2c(=O)c(C(=O)N(C)c3cccc(F)c3)cn(-c3ccc(O)cc3)c2cc1OC. The van der Waals surface area contributed by atoms with E-state index in [1.54, 1.807) is 28.8 Å². The first-order valence-corrected chi connectivity index (χ1v) is 9.98. The zero-order chi connectivity index (χ0) is 23.7. The van der Waals surface area contributed by atoms with E-state index < -0.39 is 17.2 Å². The molecule has 0 aliphatic carbocycles. The summed E-state index contributed by atoms with van der Waals surface area (Å²) in [6, 6.07) is 15.0. The molecule has 0 radical (unpaired) electrons. The van der Waals surface area contributed by atoms with Crippen LogP contribution in [0.3, 0.4) is 0 Å². The van der Waals surface area contributed by atoms with Crippen LogP contribution in [0.25, 0.3) is 16.6 Å². The quantitative estimate of drug-likeness (QED) is 0.497. The molecule has 33 heavy (non-hydrogen) atoms. The Balaban J connectivity index is 1.98. The number of carbonyl (C=O) groups excluding carboxylic acids is 1. The van der Waals surface area contributed by atoms with E-state index in [2.05, 4.69) is 0 Å². The number of phenolic OH excluding ortho intramolecular Hbond substituents is 1. The molecule has 0 unspecified atom stereocenters. The van der Waals surface area contributed by atoms with Gasteiger partial charge in [-0.15, -0.1) is 0 Å². The number of rotatable bonds is 5. The number of aromatic nitrogens is 1. The van der Waals surface area contributed by atoms with E-state index in [1.165, 1.54) is 68.8 Å². The predicted octanol–water partition coefficient (Wildman–Crippen LogP) is 4.13. The predicted molar refractivity (Wildman–Crippen MR) is 123 cm³/mol. The summed E-state index contributed by atoms with van der Waals surface area (Å²) in [6.45, 7) is 0. The highest BCUT2D eigenvalue weighted by molar-refractivity contribution is 6.07. The van der Waals surface area contributed by atoms with E-state index >= 15 is 0 Å². The van der Waals surface area contributed by atoms with Gasteiger partial charge in [0.05, 0.1) is 25.1 Å². The molecule has 0 saturated carbocycles. The summed E-state index contributed by atoms with van der Waals surface area (Å²) in [5.41, 5.74) is 0.771. The molecule has 0 atom stereocenters. The van der Waals surface area contributed by atoms with Crippen LogP contribution in [-0.2, 0) is 0 Å². The summed E-state index contributed by atoms with van der Waals surface area (Å²) in [5.74, 6) is -0.278. The van der Waals surface area contributed by atoms with Crippen molar-refractivity contribution in [3.63, 3.8) is 0 Å². The van der Waals surface area contributed by atoms with Crippen LogP contribution in [0.15, 0.2) is 71.7 Å². The second-order valence-corrected chi connectivity index (χ2v) is 7.33. The van der Waals surface area contributed by atoms with E-state index in [0.717, 1.165) is 0 Å². The van der Waals surface area contributed by atoms with Crippen molar-refractivity contribution < 1.29 is 23.8 Å². The average molecular weight is 448 g/mol. The highest BCUT2D eigenvalue weighted by Crippen LogP contribution is 2.32. The number of hydrogen-bond acceptors (Lipinski definition) is 5. The van der Waals surface area contributed by atoms with Crippen LogP contribution < -0.4 is 19.8 Å². The van der Waals surface area contributed by atoms with Crippen molar-refractivity contribution in [3.8, 4) is 22.9 Å². The lowest BCUT2D eigenvalue weighted by molar-refractivity contribution is 0.0991. The number of benzene rings is 3. The fourth-order valence-electron chi connectivity index (χ4n) is 3.61. The number of nitrogens with zero attached hydrogens (tertiary/aromatic N) is 2. The number of aromatic hydroxyl groups is 1. The van der Waals surface area contributed by atoms with Crippen molar-refractivity contribution in [1.82, 2.24) is 4.57 Å². The maximum absolute atomic E-state index is 13.7. The van der Waals surface area contributed by atoms with Crippen LogP contribution in [0.4, 0.5) is 10.1 Å². The summed E-state index contributed by atoms with van der Waals surface area (Å²) in [7, 11) is 4.41. The van der Waals surface area contributed by atoms with Gasteiger partial charge in [-0.2, -0.15) is 0 Å². The summed E-state index contributed by atoms with van der Waals surface area (Å²) < 4.78 is 26.1. The largest absolute Gasteiger partial charge is 0.508 e. The number of methoxy groups -OCH3 is 2. The van der Waals surface area contributed by atoms with Crippen molar-refractivity contribution >= 4 is 22.5 Å². The second-order valence-electron chi connectivity index (χ2n) is 7.33. The third kappa shape index (κ3) is 3.98. The molecule has 7 nitrogen and oxygen atoms in total. The Morgan fingerprint density at radius 1 is 1.00 bits per heavy atom. The maximum Gasteiger partial charge on any atom is 0.263 e. The van der Waals surface area contributed by atoms with Gasteiger partial charge in [-0.1, -0.05) is 6.07 Å². The molecule has 0 spiro atoms. The fraction of sp³-hybridized carbons (Fsp3) is 0.120. The van der Waals surface area contributed by atoms with Crippen LogP contribution >= 0.6 is 0 Å². The van der Waals surface area contributed by atoms with Crippen molar-refractivity contribution in [3.05, 3.63) is 88.5 Å². The Bertz CT molecular complexity index is 1410. The van der Waals surface area contributed by atoms with Gasteiger partial charge in [-0.05, 0) is 48.5 Å². The number of pyridine rings is 1. The number of halogens is 1. The van der Waals surface area contributed by atoms with Gasteiger partial charge in [-0.25, -0.2) is 4.39 Å². The molecule has 0 aliphatic heterocycles. The van der Waals surface area contributed by atoms with Gasteiger partial charge in [0.15, 0.2) is 11.5 Å². The molecular weight excluding hydrogens is 427 g/mol. The molecule has 1 amide bonds. The van der Waals surface area contributed by atoms with Crippen LogP contribution in [0.5, 0.6) is 17.2 Å². The lowest BCUT2D eigenvalue weighted by Gasteiger charge is -2.20. The van der Waals surface area contributed by atoms with Gasteiger partial charge in [0, 0.05) is 30.7 Å². The third-order valence-electron chi connectivity index (χ3n) is 5.37. The Kier molecular flexibility index (Phi) is 5.74. The Hall–Kier alpha value is -4.33. The van der Waals surface area contributed by atoms with Crippen molar-refractivity contribution in [2.75, 3.05) is 26.2 Å². The van der Waals surface area contributed by atoms with Gasteiger partial charge in [-0.3, -0.25) is 9.59 Å². The molecule has 0 aliphatic rings. The van der Waals surface area contributed by atoms with Crippen molar-refractivity contribution in [2.45, 2.75) is 0 Å². The maximum atomic E-state index is 13.7. The number of phenols is 1. The molecule has 4 rings (SSSR count). The Morgan fingerprint density at radius 2 is 1.67 bits per heavy atom. The number of ether oxygens (including phenoxy) is 2. The Labute approximate surface area is 188 Å². The number of amides is 1. The molecule has 4 aromatic rings. The van der Waals surface area contributed by atoms with E-state index in [9.17, 15) is 19.1 Å². The first kappa shape index (κ1) is 21.9. The van der Waals surface area contributed by atoms with Crippen molar-refractivity contribution in [2.24, 2.45) is 0 Å². The van der Waals surface area contributed by atoms with E-state index in [-0.39, 0.29) is 16.7 Å². The molecular formula is C25H21FN2O5. The smallest absolute Gasteiger partial charge is 0.263 e. The standard InChI is InChI=1S/C25H21FN2O5/c1-27(17-6-4-5-15(26)11-17)25(31)20-14-28(16-7-9-18(29)10-8-16)21-13-23(33-3)22(32-2)12-19(21)24(20)30/h4-14,29H,1-3H3. The first-order chi connectivity index (χ1) is 15.8. The minimum absolute atomic E-state index is 0.0745. The number of carbonyl (C=O) groups is 1. The molecule has 1 heterocycles. The van der Waals surface area contributed by atoms with Gasteiger partial charge in [0.2, 0.25) is 5.43 Å². The minimum Gasteiger partial charge on any atom is -0.508 e. The highest BCUT2D eigenvalue weighted by atomic mass is 19.1. The van der Waals surface area contributed by atoms with Gasteiger partial charge in [0.1, 0.15) is 17.1 Å². The van der Waals surface area contributed by atoms with Gasteiger partial charge in [0.25, 0.3) is 5.91 Å². The monoisotopic (exact) mass is 448 g/mol. The number of fused-ring (bicyclic) bond motifs is 1. The molecule has 0 fully saturated rings. The normalized spacial score (nSPS) is 10.8. The molecule has 1 N–H and O–H groups in total. The van der Waals surface area contributed by atoms with Crippen LogP contribution in [0.1, 0.15) is 10.4 Å². The van der Waals surface area contributed by atoms with Crippen LogP contribution in [-0.4, -0.2) is 36.8 Å². The van der Waals surface area contributed by atoms with E-state index in [0.29, 0.717) is 28.4 Å². The molecule has 0 bridgehead atoms. The topological polar surface area (TPSA) is 81.0 Å². The number of anilines is 1. The average Bonchev–Trinajstić information content (AvgIpc) is 2.83. The summed E-state index contributed by atoms with van der Waals surface area (Å²) in [6.07, 6.45) is 1.43. The molecule has 168 valence electrons. The molecule has 8 heteroatoms. The highest BCUT2D eigenvalue weighted by Gasteiger charge is 2.22.